The summed E-state index contributed by atoms with van der Waals surface area (Å²) in [5, 5.41) is 8.24. The Morgan fingerprint density at radius 3 is 2.70 bits per heavy atom. The number of hydrogen-bond donors (Lipinski definition) is 1. The van der Waals surface area contributed by atoms with Crippen LogP contribution >= 0.6 is 0 Å². The van der Waals surface area contributed by atoms with Gasteiger partial charge in [-0.2, -0.15) is 5.10 Å². The van der Waals surface area contributed by atoms with Crippen molar-refractivity contribution in [2.24, 2.45) is 0 Å². The number of rotatable bonds is 7. The average Bonchev–Trinajstić information content (AvgIpc) is 2.94. The molecule has 4 heteroatoms. The van der Waals surface area contributed by atoms with Crippen LogP contribution in [0.1, 0.15) is 58.2 Å². The van der Waals surface area contributed by atoms with Crippen LogP contribution < -0.4 is 5.32 Å². The van der Waals surface area contributed by atoms with Gasteiger partial charge in [-0.25, -0.2) is 0 Å². The van der Waals surface area contributed by atoms with Crippen LogP contribution in [0.15, 0.2) is 12.3 Å². The highest BCUT2D eigenvalue weighted by atomic mass is 15.3. The first-order chi connectivity index (χ1) is 9.69. The Kier molecular flexibility index (Phi) is 6.05. The Labute approximate surface area is 123 Å². The molecule has 0 saturated carbocycles. The van der Waals surface area contributed by atoms with E-state index < -0.39 is 0 Å². The predicted octanol–water partition coefficient (Wildman–Crippen LogP) is 2.82. The van der Waals surface area contributed by atoms with Crippen LogP contribution in [0.5, 0.6) is 0 Å². The van der Waals surface area contributed by atoms with Crippen molar-refractivity contribution in [2.75, 3.05) is 19.6 Å². The molecule has 2 unspecified atom stereocenters. The van der Waals surface area contributed by atoms with Crippen LogP contribution in [0.3, 0.4) is 0 Å². The Morgan fingerprint density at radius 1 is 1.25 bits per heavy atom. The summed E-state index contributed by atoms with van der Waals surface area (Å²) in [5.41, 5.74) is 1.15. The van der Waals surface area contributed by atoms with E-state index in [1.165, 1.54) is 32.4 Å². The molecule has 2 atom stereocenters. The molecule has 20 heavy (non-hydrogen) atoms. The SMILES string of the molecule is CCC(C)n1ccc(CNC(C)CN2CCCCC2)n1. The van der Waals surface area contributed by atoms with Crippen LogP contribution in [0.2, 0.25) is 0 Å². The largest absolute Gasteiger partial charge is 0.307 e. The molecule has 1 aliphatic rings. The van der Waals surface area contributed by atoms with E-state index in [0.717, 1.165) is 25.2 Å². The molecule has 114 valence electrons. The first-order valence-corrected chi connectivity index (χ1v) is 8.18. The number of hydrogen-bond acceptors (Lipinski definition) is 3. The highest BCUT2D eigenvalue weighted by Gasteiger charge is 2.13. The highest BCUT2D eigenvalue weighted by Crippen LogP contribution is 2.10. The van der Waals surface area contributed by atoms with Crippen molar-refractivity contribution >= 4 is 0 Å². The molecular weight excluding hydrogens is 248 g/mol. The molecule has 4 nitrogen and oxygen atoms in total. The van der Waals surface area contributed by atoms with Crippen molar-refractivity contribution < 1.29 is 0 Å². The lowest BCUT2D eigenvalue weighted by atomic mass is 10.1. The first-order valence-electron chi connectivity index (χ1n) is 8.18. The standard InChI is InChI=1S/C16H30N4/c1-4-15(3)20-11-8-16(18-20)12-17-14(2)13-19-9-6-5-7-10-19/h8,11,14-15,17H,4-7,9-10,12-13H2,1-3H3. The van der Waals surface area contributed by atoms with E-state index >= 15 is 0 Å². The topological polar surface area (TPSA) is 33.1 Å². The van der Waals surface area contributed by atoms with Gasteiger partial charge < -0.3 is 10.2 Å². The molecular formula is C16H30N4. The summed E-state index contributed by atoms with van der Waals surface area (Å²) >= 11 is 0. The number of nitrogens with one attached hydrogen (secondary N) is 1. The third-order valence-corrected chi connectivity index (χ3v) is 4.32. The Hall–Kier alpha value is -0.870. The van der Waals surface area contributed by atoms with E-state index in [-0.39, 0.29) is 0 Å². The smallest absolute Gasteiger partial charge is 0.0762 e. The van der Waals surface area contributed by atoms with Gasteiger partial charge in [-0.1, -0.05) is 13.3 Å². The van der Waals surface area contributed by atoms with Gasteiger partial charge in [-0.3, -0.25) is 4.68 Å². The monoisotopic (exact) mass is 278 g/mol. The molecule has 0 aliphatic carbocycles. The minimum absolute atomic E-state index is 0.495. The molecule has 2 heterocycles. The lowest BCUT2D eigenvalue weighted by Crippen LogP contribution is -2.41. The lowest BCUT2D eigenvalue weighted by Gasteiger charge is -2.29. The van der Waals surface area contributed by atoms with Crippen molar-refractivity contribution in [3.8, 4) is 0 Å². The number of likely N-dealkylation sites (tertiary alicyclic amines) is 1. The summed E-state index contributed by atoms with van der Waals surface area (Å²) < 4.78 is 2.08. The van der Waals surface area contributed by atoms with Gasteiger partial charge in [0, 0.05) is 31.4 Å². The molecule has 1 aromatic heterocycles. The fourth-order valence-electron chi connectivity index (χ4n) is 2.78. The normalized spacial score (nSPS) is 19.9. The molecule has 1 N–H and O–H groups in total. The van der Waals surface area contributed by atoms with E-state index in [4.69, 9.17) is 0 Å². The third-order valence-electron chi connectivity index (χ3n) is 4.32. The van der Waals surface area contributed by atoms with Crippen LogP contribution in [0.25, 0.3) is 0 Å². The Balaban J connectivity index is 1.72. The number of aromatic nitrogens is 2. The molecule has 0 radical (unpaired) electrons. The van der Waals surface area contributed by atoms with Crippen molar-refractivity contribution in [2.45, 2.75) is 65.1 Å². The predicted molar refractivity (Wildman–Crippen MR) is 83.8 cm³/mol. The second kappa shape index (κ2) is 7.79. The molecule has 1 aromatic rings. The van der Waals surface area contributed by atoms with E-state index in [9.17, 15) is 0 Å². The van der Waals surface area contributed by atoms with E-state index in [1.54, 1.807) is 0 Å². The zero-order chi connectivity index (χ0) is 14.4. The van der Waals surface area contributed by atoms with E-state index in [2.05, 4.69) is 53.0 Å². The van der Waals surface area contributed by atoms with Gasteiger partial charge in [0.15, 0.2) is 0 Å². The molecule has 1 saturated heterocycles. The Bertz CT molecular complexity index is 382. The summed E-state index contributed by atoms with van der Waals surface area (Å²) in [6.45, 7) is 11.3. The molecule has 0 aromatic carbocycles. The van der Waals surface area contributed by atoms with Crippen molar-refractivity contribution in [1.82, 2.24) is 20.0 Å². The number of piperidine rings is 1. The van der Waals surface area contributed by atoms with Crippen LogP contribution in [0.4, 0.5) is 0 Å². The maximum Gasteiger partial charge on any atom is 0.0762 e. The minimum atomic E-state index is 0.495. The van der Waals surface area contributed by atoms with Crippen LogP contribution in [0, 0.1) is 0 Å². The lowest BCUT2D eigenvalue weighted by molar-refractivity contribution is 0.208. The van der Waals surface area contributed by atoms with Crippen molar-refractivity contribution in [1.29, 1.82) is 0 Å². The first kappa shape index (κ1) is 15.5. The fraction of sp³-hybridized carbons (Fsp3) is 0.812. The van der Waals surface area contributed by atoms with Crippen molar-refractivity contribution in [3.63, 3.8) is 0 Å². The van der Waals surface area contributed by atoms with Gasteiger partial charge in [0.05, 0.1) is 5.69 Å². The molecule has 1 aliphatic heterocycles. The van der Waals surface area contributed by atoms with Gasteiger partial charge in [-0.05, 0) is 52.3 Å². The van der Waals surface area contributed by atoms with E-state index in [1.807, 2.05) is 0 Å². The maximum atomic E-state index is 4.64. The van der Waals surface area contributed by atoms with E-state index in [0.29, 0.717) is 12.1 Å². The van der Waals surface area contributed by atoms with Gasteiger partial charge >= 0.3 is 0 Å². The van der Waals surface area contributed by atoms with Crippen molar-refractivity contribution in [3.05, 3.63) is 18.0 Å². The summed E-state index contributed by atoms with van der Waals surface area (Å²) in [6.07, 6.45) is 7.36. The summed E-state index contributed by atoms with van der Waals surface area (Å²) in [5.74, 6) is 0. The molecule has 1 fully saturated rings. The molecule has 0 spiro atoms. The average molecular weight is 278 g/mol. The zero-order valence-corrected chi connectivity index (χ0v) is 13.3. The molecule has 0 amide bonds. The zero-order valence-electron chi connectivity index (χ0n) is 13.3. The quantitative estimate of drug-likeness (QED) is 0.832. The van der Waals surface area contributed by atoms with Crippen LogP contribution in [-0.2, 0) is 6.54 Å². The fourth-order valence-corrected chi connectivity index (χ4v) is 2.78. The van der Waals surface area contributed by atoms with Crippen LogP contribution in [-0.4, -0.2) is 40.4 Å². The Morgan fingerprint density at radius 2 is 2.00 bits per heavy atom. The maximum absolute atomic E-state index is 4.64. The third kappa shape index (κ3) is 4.60. The summed E-state index contributed by atoms with van der Waals surface area (Å²) in [6, 6.07) is 3.16. The second-order valence-electron chi connectivity index (χ2n) is 6.19. The van der Waals surface area contributed by atoms with Gasteiger partial charge in [0.25, 0.3) is 0 Å². The van der Waals surface area contributed by atoms with Gasteiger partial charge in [-0.15, -0.1) is 0 Å². The molecule has 0 bridgehead atoms. The highest BCUT2D eigenvalue weighted by molar-refractivity contribution is 4.99. The second-order valence-corrected chi connectivity index (χ2v) is 6.19. The number of nitrogens with zero attached hydrogens (tertiary/aromatic N) is 3. The molecule has 2 rings (SSSR count). The van der Waals surface area contributed by atoms with Gasteiger partial charge in [0.1, 0.15) is 0 Å². The minimum Gasteiger partial charge on any atom is -0.307 e. The van der Waals surface area contributed by atoms with Gasteiger partial charge in [0.2, 0.25) is 0 Å². The summed E-state index contributed by atoms with van der Waals surface area (Å²) in [4.78, 5) is 2.58. The summed E-state index contributed by atoms with van der Waals surface area (Å²) in [7, 11) is 0.